The van der Waals surface area contributed by atoms with Crippen molar-refractivity contribution < 1.29 is 30.9 Å². The lowest BCUT2D eigenvalue weighted by Gasteiger charge is -2.15. The smallest absolute Gasteiger partial charge is 0.492 e. The number of pyridine rings is 1. The Balaban J connectivity index is 2.61. The average Bonchev–Trinajstić information content (AvgIpc) is 2.15. The number of nitrogens with zero attached hydrogens (tertiary/aromatic N) is 1. The molecule has 1 heterocycles. The van der Waals surface area contributed by atoms with E-state index in [0.29, 0.717) is 12.3 Å². The maximum atomic E-state index is 12.3. The quantitative estimate of drug-likeness (QED) is 0.611. The molecule has 96 valence electrons. The van der Waals surface area contributed by atoms with Crippen LogP contribution in [0.1, 0.15) is 6.42 Å². The molecule has 0 aliphatic carbocycles. The Kier molecular flexibility index (Phi) is 3.89. The van der Waals surface area contributed by atoms with Crippen LogP contribution in [0.25, 0.3) is 0 Å². The Hall–Kier alpha value is -1.41. The lowest BCUT2D eigenvalue weighted by Crippen LogP contribution is -2.34. The Morgan fingerprint density at radius 2 is 1.82 bits per heavy atom. The molecule has 1 aromatic rings. The number of aromatic nitrogens is 1. The van der Waals surface area contributed by atoms with Gasteiger partial charge in [0, 0.05) is 6.20 Å². The maximum Gasteiger partial charge on any atom is 0.511 e. The van der Waals surface area contributed by atoms with Crippen LogP contribution < -0.4 is 10.2 Å². The van der Waals surface area contributed by atoms with Crippen LogP contribution in [0.15, 0.2) is 18.5 Å². The fourth-order valence-electron chi connectivity index (χ4n) is 0.978. The molecule has 0 spiro atoms. The fourth-order valence-corrected chi connectivity index (χ4v) is 0.978. The predicted octanol–water partition coefficient (Wildman–Crippen LogP) is 2.47. The van der Waals surface area contributed by atoms with Crippen LogP contribution in [-0.2, 0) is 0 Å². The lowest BCUT2D eigenvalue weighted by atomic mass is 9.81. The van der Waals surface area contributed by atoms with Gasteiger partial charge in [0.15, 0.2) is 0 Å². The first kappa shape index (κ1) is 13.7. The fraction of sp³-hybridized carbons (Fsp3) is 0.375. The molecule has 0 fully saturated rings. The van der Waals surface area contributed by atoms with Crippen molar-refractivity contribution in [3.05, 3.63) is 18.5 Å². The molecule has 0 N–H and O–H groups in total. The van der Waals surface area contributed by atoms with Crippen LogP contribution in [0.5, 0.6) is 5.75 Å². The van der Waals surface area contributed by atoms with Gasteiger partial charge in [0.1, 0.15) is 5.75 Å². The molecule has 0 aliphatic heterocycles. The van der Waals surface area contributed by atoms with Crippen LogP contribution in [0.2, 0.25) is 0 Å². The van der Waals surface area contributed by atoms with Gasteiger partial charge in [-0.05, 0) is 6.07 Å². The van der Waals surface area contributed by atoms with Gasteiger partial charge in [-0.2, -0.15) is 13.2 Å². The van der Waals surface area contributed by atoms with Crippen molar-refractivity contribution in [3.8, 4) is 5.75 Å². The monoisotopic (exact) mass is 258 g/mol. The van der Waals surface area contributed by atoms with E-state index >= 15 is 0 Å². The zero-order valence-electron chi connectivity index (χ0n) is 8.35. The second-order valence-corrected chi connectivity index (χ2v) is 3.24. The summed E-state index contributed by atoms with van der Waals surface area (Å²) in [7, 11) is 0. The second kappa shape index (κ2) is 4.85. The summed E-state index contributed by atoms with van der Waals surface area (Å²) in [6.45, 7) is -5.97. The van der Waals surface area contributed by atoms with Gasteiger partial charge >= 0.3 is 13.2 Å². The van der Waals surface area contributed by atoms with E-state index in [1.165, 1.54) is 0 Å². The summed E-state index contributed by atoms with van der Waals surface area (Å²) in [5.41, 5.74) is -1.01. The summed E-state index contributed by atoms with van der Waals surface area (Å²) in [6.07, 6.45) is -4.11. The summed E-state index contributed by atoms with van der Waals surface area (Å²) in [6, 6.07) is 0.628. The van der Waals surface area contributed by atoms with Crippen molar-refractivity contribution in [2.45, 2.75) is 12.6 Å². The molecule has 0 radical (unpaired) electrons. The predicted molar refractivity (Wildman–Crippen MR) is 49.1 cm³/mol. The van der Waals surface area contributed by atoms with Gasteiger partial charge < -0.3 is 17.7 Å². The standard InChI is InChI=1S/C8H7BF6NO/c10-8(11,12)1-2-17-7-3-6(4-16-5-7)9(13,14)15/h3-5H,1-2H2/q-1. The number of hydrogen-bond acceptors (Lipinski definition) is 2. The largest absolute Gasteiger partial charge is 0.511 e. The molecule has 0 unspecified atom stereocenters. The summed E-state index contributed by atoms with van der Waals surface area (Å²) >= 11 is 0. The summed E-state index contributed by atoms with van der Waals surface area (Å²) in [5, 5.41) is 0. The zero-order chi connectivity index (χ0) is 13.1. The van der Waals surface area contributed by atoms with Crippen LogP contribution in [-0.4, -0.2) is 24.7 Å². The van der Waals surface area contributed by atoms with Gasteiger partial charge in [-0.15, -0.1) is 0 Å². The minimum atomic E-state index is -5.23. The van der Waals surface area contributed by atoms with E-state index < -0.39 is 31.6 Å². The van der Waals surface area contributed by atoms with Crippen molar-refractivity contribution >= 4 is 12.4 Å². The van der Waals surface area contributed by atoms with Gasteiger partial charge in [0.25, 0.3) is 0 Å². The van der Waals surface area contributed by atoms with Crippen LogP contribution in [0.3, 0.4) is 0 Å². The molecule has 2 nitrogen and oxygen atoms in total. The normalized spacial score (nSPS) is 12.6. The maximum absolute atomic E-state index is 12.3. The molecule has 17 heavy (non-hydrogen) atoms. The van der Waals surface area contributed by atoms with Gasteiger partial charge in [-0.25, -0.2) is 0 Å². The van der Waals surface area contributed by atoms with Crippen LogP contribution in [0, 0.1) is 0 Å². The molecule has 0 aromatic carbocycles. The van der Waals surface area contributed by atoms with E-state index in [1.807, 2.05) is 0 Å². The minimum Gasteiger partial charge on any atom is -0.492 e. The van der Waals surface area contributed by atoms with E-state index in [-0.39, 0.29) is 5.75 Å². The number of hydrogen-bond donors (Lipinski definition) is 0. The van der Waals surface area contributed by atoms with Crippen LogP contribution >= 0.6 is 0 Å². The third kappa shape index (κ3) is 4.96. The highest BCUT2D eigenvalue weighted by Crippen LogP contribution is 2.20. The molecule has 0 saturated heterocycles. The van der Waals surface area contributed by atoms with E-state index in [2.05, 4.69) is 9.72 Å². The highest BCUT2D eigenvalue weighted by atomic mass is 19.4. The zero-order valence-corrected chi connectivity index (χ0v) is 8.35. The number of ether oxygens (including phenoxy) is 1. The van der Waals surface area contributed by atoms with Gasteiger partial charge in [0.05, 0.1) is 19.2 Å². The molecular weight excluding hydrogens is 251 g/mol. The lowest BCUT2D eigenvalue weighted by molar-refractivity contribution is -0.139. The Morgan fingerprint density at radius 1 is 1.18 bits per heavy atom. The van der Waals surface area contributed by atoms with E-state index in [9.17, 15) is 26.1 Å². The first-order valence-electron chi connectivity index (χ1n) is 4.53. The van der Waals surface area contributed by atoms with E-state index in [1.54, 1.807) is 0 Å². The van der Waals surface area contributed by atoms with E-state index in [4.69, 9.17) is 0 Å². The highest BCUT2D eigenvalue weighted by molar-refractivity contribution is 6.73. The van der Waals surface area contributed by atoms with Crippen molar-refractivity contribution in [1.29, 1.82) is 0 Å². The summed E-state index contributed by atoms with van der Waals surface area (Å²) < 4.78 is 76.6. The molecule has 0 amide bonds. The van der Waals surface area contributed by atoms with Gasteiger partial charge in [0.2, 0.25) is 0 Å². The van der Waals surface area contributed by atoms with Crippen molar-refractivity contribution in [1.82, 2.24) is 4.98 Å². The molecule has 0 saturated carbocycles. The molecule has 1 rings (SSSR count). The van der Waals surface area contributed by atoms with Crippen molar-refractivity contribution in [3.63, 3.8) is 0 Å². The molecule has 0 atom stereocenters. The number of halogens is 6. The number of rotatable bonds is 4. The van der Waals surface area contributed by atoms with Crippen LogP contribution in [0.4, 0.5) is 26.1 Å². The Bertz CT molecular complexity index is 377. The van der Waals surface area contributed by atoms with E-state index in [0.717, 1.165) is 6.20 Å². The molecule has 9 heteroatoms. The highest BCUT2D eigenvalue weighted by Gasteiger charge is 2.28. The second-order valence-electron chi connectivity index (χ2n) is 3.24. The first-order chi connectivity index (χ1) is 7.68. The Morgan fingerprint density at radius 3 is 2.35 bits per heavy atom. The molecule has 0 bridgehead atoms. The molecular formula is C8H7BF6NO-. The van der Waals surface area contributed by atoms with Gasteiger partial charge in [-0.1, -0.05) is 5.46 Å². The molecule has 1 aromatic heterocycles. The van der Waals surface area contributed by atoms with Crippen molar-refractivity contribution in [2.75, 3.05) is 6.61 Å². The van der Waals surface area contributed by atoms with Gasteiger partial charge in [-0.3, -0.25) is 4.98 Å². The minimum absolute atomic E-state index is 0.328. The SMILES string of the molecule is F[B-](F)(F)c1cncc(OCCC(F)(F)F)c1. The Labute approximate surface area is 92.7 Å². The van der Waals surface area contributed by atoms with Crippen molar-refractivity contribution in [2.24, 2.45) is 0 Å². The summed E-state index contributed by atoms with van der Waals surface area (Å²) in [4.78, 5) is 3.26. The third-order valence-electron chi connectivity index (χ3n) is 1.77. The summed E-state index contributed by atoms with van der Waals surface area (Å²) in [5.74, 6) is -0.328. The topological polar surface area (TPSA) is 22.1 Å². The average molecular weight is 258 g/mol. The molecule has 0 aliphatic rings. The third-order valence-corrected chi connectivity index (χ3v) is 1.77. The first-order valence-corrected chi connectivity index (χ1v) is 4.53. The number of alkyl halides is 3.